The minimum atomic E-state index is -0.852. The lowest BCUT2D eigenvalue weighted by molar-refractivity contribution is -0.137. The van der Waals surface area contributed by atoms with Gasteiger partial charge in [0.1, 0.15) is 0 Å². The van der Waals surface area contributed by atoms with Gasteiger partial charge in [0, 0.05) is 31.5 Å². The Kier molecular flexibility index (Phi) is 7.91. The van der Waals surface area contributed by atoms with E-state index in [1.807, 2.05) is 30.3 Å². The third-order valence-electron chi connectivity index (χ3n) is 5.11. The summed E-state index contributed by atoms with van der Waals surface area (Å²) < 4.78 is 5.35. The second-order valence-corrected chi connectivity index (χ2v) is 7.29. The third kappa shape index (κ3) is 6.67. The summed E-state index contributed by atoms with van der Waals surface area (Å²) in [5.74, 6) is -0.852. The topological polar surface area (TPSA) is 87.7 Å². The van der Waals surface area contributed by atoms with Crippen molar-refractivity contribution in [2.75, 3.05) is 20.3 Å². The van der Waals surface area contributed by atoms with Crippen molar-refractivity contribution >= 4 is 12.0 Å². The van der Waals surface area contributed by atoms with Gasteiger partial charge in [0.25, 0.3) is 0 Å². The summed E-state index contributed by atoms with van der Waals surface area (Å²) in [6, 6.07) is 9.34. The summed E-state index contributed by atoms with van der Waals surface area (Å²) in [5.41, 5.74) is 1.11. The number of urea groups is 1. The van der Waals surface area contributed by atoms with Crippen molar-refractivity contribution in [2.45, 2.75) is 51.0 Å². The van der Waals surface area contributed by atoms with Gasteiger partial charge in [0.05, 0.1) is 6.61 Å². The SMILES string of the molecule is COCC1(CNC(=O)NC(CCC(=O)O)Cc2ccccc2)CCCC1. The largest absolute Gasteiger partial charge is 0.481 e. The molecule has 1 aliphatic rings. The highest BCUT2D eigenvalue weighted by Crippen LogP contribution is 2.37. The van der Waals surface area contributed by atoms with E-state index in [2.05, 4.69) is 10.6 Å². The van der Waals surface area contributed by atoms with Crippen LogP contribution in [0.3, 0.4) is 0 Å². The average molecular weight is 362 g/mol. The molecule has 1 aromatic carbocycles. The van der Waals surface area contributed by atoms with E-state index in [-0.39, 0.29) is 23.9 Å². The van der Waals surface area contributed by atoms with Crippen molar-refractivity contribution in [3.63, 3.8) is 0 Å². The Balaban J connectivity index is 1.88. The maximum atomic E-state index is 12.4. The first-order chi connectivity index (χ1) is 12.5. The molecule has 3 N–H and O–H groups in total. The number of benzene rings is 1. The van der Waals surface area contributed by atoms with E-state index in [0.717, 1.165) is 18.4 Å². The summed E-state index contributed by atoms with van der Waals surface area (Å²) in [4.78, 5) is 23.3. The highest BCUT2D eigenvalue weighted by molar-refractivity contribution is 5.74. The summed E-state index contributed by atoms with van der Waals surface area (Å²) in [5, 5.41) is 14.9. The molecule has 0 saturated heterocycles. The standard InChI is InChI=1S/C20H30N2O4/c1-26-15-20(11-5-6-12-20)14-21-19(25)22-17(9-10-18(23)24)13-16-7-3-2-4-8-16/h2-4,7-8,17H,5-6,9-15H2,1H3,(H,23,24)(H2,21,22,25). The molecule has 26 heavy (non-hydrogen) atoms. The number of carbonyl (C=O) groups excluding carboxylic acids is 1. The molecule has 6 heteroatoms. The lowest BCUT2D eigenvalue weighted by Crippen LogP contribution is -2.47. The van der Waals surface area contributed by atoms with Gasteiger partial charge in [-0.25, -0.2) is 4.79 Å². The second-order valence-electron chi connectivity index (χ2n) is 7.29. The van der Waals surface area contributed by atoms with E-state index in [4.69, 9.17) is 9.84 Å². The first-order valence-electron chi connectivity index (χ1n) is 9.32. The van der Waals surface area contributed by atoms with Crippen molar-refractivity contribution in [2.24, 2.45) is 5.41 Å². The fraction of sp³-hybridized carbons (Fsp3) is 0.600. The predicted octanol–water partition coefficient (Wildman–Crippen LogP) is 2.97. The number of carboxylic acid groups (broad SMARTS) is 1. The number of methoxy groups -OCH3 is 1. The molecule has 6 nitrogen and oxygen atoms in total. The summed E-state index contributed by atoms with van der Waals surface area (Å²) >= 11 is 0. The van der Waals surface area contributed by atoms with Crippen LogP contribution in [-0.4, -0.2) is 43.4 Å². The number of carbonyl (C=O) groups is 2. The van der Waals surface area contributed by atoms with E-state index in [1.165, 1.54) is 12.8 Å². The fourth-order valence-corrected chi connectivity index (χ4v) is 3.73. The van der Waals surface area contributed by atoms with Crippen LogP contribution in [0, 0.1) is 5.41 Å². The predicted molar refractivity (Wildman–Crippen MR) is 100 cm³/mol. The maximum absolute atomic E-state index is 12.4. The highest BCUT2D eigenvalue weighted by Gasteiger charge is 2.34. The van der Waals surface area contributed by atoms with Gasteiger partial charge in [-0.15, -0.1) is 0 Å². The van der Waals surface area contributed by atoms with E-state index in [1.54, 1.807) is 7.11 Å². The fourth-order valence-electron chi connectivity index (χ4n) is 3.73. The number of ether oxygens (including phenoxy) is 1. The Morgan fingerprint density at radius 2 is 1.92 bits per heavy atom. The summed E-state index contributed by atoms with van der Waals surface area (Å²) in [6.45, 7) is 1.24. The van der Waals surface area contributed by atoms with Crippen molar-refractivity contribution < 1.29 is 19.4 Å². The number of carboxylic acids is 1. The van der Waals surface area contributed by atoms with Gasteiger partial charge in [-0.3, -0.25) is 4.79 Å². The molecule has 0 heterocycles. The van der Waals surface area contributed by atoms with Gasteiger partial charge >= 0.3 is 12.0 Å². The van der Waals surface area contributed by atoms with Gasteiger partial charge in [-0.2, -0.15) is 0 Å². The van der Waals surface area contributed by atoms with Crippen LogP contribution in [0.2, 0.25) is 0 Å². The van der Waals surface area contributed by atoms with E-state index < -0.39 is 5.97 Å². The van der Waals surface area contributed by atoms with Crippen molar-refractivity contribution in [3.8, 4) is 0 Å². The first-order valence-corrected chi connectivity index (χ1v) is 9.32. The molecule has 0 aromatic heterocycles. The minimum Gasteiger partial charge on any atom is -0.481 e. The Morgan fingerprint density at radius 1 is 1.23 bits per heavy atom. The molecular formula is C20H30N2O4. The van der Waals surface area contributed by atoms with E-state index >= 15 is 0 Å². The molecule has 144 valence electrons. The van der Waals surface area contributed by atoms with E-state index in [0.29, 0.717) is 26.0 Å². The van der Waals surface area contributed by atoms with Gasteiger partial charge < -0.3 is 20.5 Å². The van der Waals surface area contributed by atoms with Crippen LogP contribution in [0.25, 0.3) is 0 Å². The lowest BCUT2D eigenvalue weighted by Gasteiger charge is -2.29. The molecule has 0 aliphatic heterocycles. The summed E-state index contributed by atoms with van der Waals surface area (Å²) in [7, 11) is 1.70. The van der Waals surface area contributed by atoms with Crippen molar-refractivity contribution in [1.29, 1.82) is 0 Å². The minimum absolute atomic E-state index is 0.0298. The average Bonchev–Trinajstić information content (AvgIpc) is 3.08. The Morgan fingerprint density at radius 3 is 2.54 bits per heavy atom. The Labute approximate surface area is 155 Å². The smallest absolute Gasteiger partial charge is 0.315 e. The van der Waals surface area contributed by atoms with Gasteiger partial charge in [-0.1, -0.05) is 43.2 Å². The molecule has 2 amide bonds. The number of amides is 2. The number of nitrogens with one attached hydrogen (secondary N) is 2. The Bertz CT molecular complexity index is 570. The molecule has 1 saturated carbocycles. The van der Waals surface area contributed by atoms with Gasteiger partial charge in [0.15, 0.2) is 0 Å². The van der Waals surface area contributed by atoms with Crippen molar-refractivity contribution in [3.05, 3.63) is 35.9 Å². The van der Waals surface area contributed by atoms with E-state index in [9.17, 15) is 9.59 Å². The van der Waals surface area contributed by atoms with Crippen LogP contribution < -0.4 is 10.6 Å². The molecule has 0 spiro atoms. The quantitative estimate of drug-likeness (QED) is 0.597. The first kappa shape index (κ1) is 20.2. The zero-order valence-corrected chi connectivity index (χ0v) is 15.5. The molecule has 1 unspecified atom stereocenters. The summed E-state index contributed by atoms with van der Waals surface area (Å²) in [6.07, 6.45) is 5.52. The molecule has 1 atom stereocenters. The van der Waals surface area contributed by atoms with Crippen LogP contribution in [0.15, 0.2) is 30.3 Å². The van der Waals surface area contributed by atoms with Crippen LogP contribution in [0.4, 0.5) is 4.79 Å². The zero-order chi connectivity index (χ0) is 18.8. The number of rotatable bonds is 10. The lowest BCUT2D eigenvalue weighted by atomic mass is 9.87. The molecular weight excluding hydrogens is 332 g/mol. The molecule has 0 radical (unpaired) electrons. The number of hydrogen-bond acceptors (Lipinski definition) is 3. The van der Waals surface area contributed by atoms with Gasteiger partial charge in [0.2, 0.25) is 0 Å². The maximum Gasteiger partial charge on any atom is 0.315 e. The zero-order valence-electron chi connectivity index (χ0n) is 15.5. The highest BCUT2D eigenvalue weighted by atomic mass is 16.5. The third-order valence-corrected chi connectivity index (χ3v) is 5.11. The van der Waals surface area contributed by atoms with Crippen LogP contribution >= 0.6 is 0 Å². The molecule has 1 aliphatic carbocycles. The van der Waals surface area contributed by atoms with Crippen LogP contribution in [0.1, 0.15) is 44.1 Å². The van der Waals surface area contributed by atoms with Crippen LogP contribution in [0.5, 0.6) is 0 Å². The monoisotopic (exact) mass is 362 g/mol. The second kappa shape index (κ2) is 10.2. The van der Waals surface area contributed by atoms with Crippen molar-refractivity contribution in [1.82, 2.24) is 10.6 Å². The number of aliphatic carboxylic acids is 1. The van der Waals surface area contributed by atoms with Gasteiger partial charge in [-0.05, 0) is 31.2 Å². The number of hydrogen-bond donors (Lipinski definition) is 3. The molecule has 2 rings (SSSR count). The van der Waals surface area contributed by atoms with Crippen LogP contribution in [-0.2, 0) is 16.0 Å². The normalized spacial score (nSPS) is 16.8. The molecule has 1 aromatic rings. The Hall–Kier alpha value is -2.08. The molecule has 1 fully saturated rings. The molecule has 0 bridgehead atoms.